The molecule has 1 aliphatic rings. The smallest absolute Gasteiger partial charge is 0.240 e. The molecule has 1 heterocycles. The van der Waals surface area contributed by atoms with Gasteiger partial charge in [-0.1, -0.05) is 25.1 Å². The van der Waals surface area contributed by atoms with Crippen LogP contribution in [0.2, 0.25) is 0 Å². The van der Waals surface area contributed by atoms with E-state index in [1.165, 1.54) is 5.56 Å². The summed E-state index contributed by atoms with van der Waals surface area (Å²) < 4.78 is 0. The van der Waals surface area contributed by atoms with Gasteiger partial charge in [0.2, 0.25) is 5.91 Å². The number of para-hydroxylation sites is 1. The van der Waals surface area contributed by atoms with Gasteiger partial charge in [-0.15, -0.1) is 0 Å². The van der Waals surface area contributed by atoms with Gasteiger partial charge in [-0.2, -0.15) is 0 Å². The van der Waals surface area contributed by atoms with E-state index in [9.17, 15) is 4.79 Å². The molecule has 0 unspecified atom stereocenters. The Hall–Kier alpha value is -1.51. The summed E-state index contributed by atoms with van der Waals surface area (Å²) in [7, 11) is 0. The standard InChI is InChI=1S/C11H14N2O/c1-2-9-5-3-4-6-10(9)13-8-7-11(14)12-13/h3-6H,2,7-8H2,1H3,(H,12,14). The van der Waals surface area contributed by atoms with Crippen molar-refractivity contribution in [3.63, 3.8) is 0 Å². The summed E-state index contributed by atoms with van der Waals surface area (Å²) in [4.78, 5) is 11.1. The lowest BCUT2D eigenvalue weighted by Crippen LogP contribution is -2.33. The number of rotatable bonds is 2. The predicted octanol–water partition coefficient (Wildman–Crippen LogP) is 1.49. The lowest BCUT2D eigenvalue weighted by atomic mass is 10.1. The SMILES string of the molecule is CCc1ccccc1N1CCC(=O)N1. The van der Waals surface area contributed by atoms with Gasteiger partial charge in [0.25, 0.3) is 0 Å². The lowest BCUT2D eigenvalue weighted by Gasteiger charge is -2.20. The number of nitrogens with one attached hydrogen (secondary N) is 1. The summed E-state index contributed by atoms with van der Waals surface area (Å²) >= 11 is 0. The number of amides is 1. The van der Waals surface area contributed by atoms with E-state index >= 15 is 0 Å². The first kappa shape index (κ1) is 9.06. The van der Waals surface area contributed by atoms with E-state index in [-0.39, 0.29) is 5.91 Å². The van der Waals surface area contributed by atoms with Gasteiger partial charge in [0.1, 0.15) is 0 Å². The van der Waals surface area contributed by atoms with Gasteiger partial charge in [-0.3, -0.25) is 15.2 Å². The summed E-state index contributed by atoms with van der Waals surface area (Å²) in [5.74, 6) is 0.107. The zero-order valence-corrected chi connectivity index (χ0v) is 8.29. The number of carbonyl (C=O) groups excluding carboxylic acids is 1. The first-order valence-corrected chi connectivity index (χ1v) is 4.96. The van der Waals surface area contributed by atoms with Gasteiger partial charge in [0.05, 0.1) is 5.69 Å². The van der Waals surface area contributed by atoms with Gasteiger partial charge >= 0.3 is 0 Å². The molecule has 1 saturated heterocycles. The molecule has 14 heavy (non-hydrogen) atoms. The number of benzene rings is 1. The van der Waals surface area contributed by atoms with Gasteiger partial charge in [0, 0.05) is 13.0 Å². The second-order valence-electron chi connectivity index (χ2n) is 3.42. The van der Waals surface area contributed by atoms with Crippen molar-refractivity contribution in [2.24, 2.45) is 0 Å². The van der Waals surface area contributed by atoms with E-state index in [1.54, 1.807) is 0 Å². The minimum absolute atomic E-state index is 0.107. The molecular weight excluding hydrogens is 176 g/mol. The van der Waals surface area contributed by atoms with Crippen LogP contribution in [-0.4, -0.2) is 12.5 Å². The molecule has 1 fully saturated rings. The Morgan fingerprint density at radius 1 is 1.43 bits per heavy atom. The minimum atomic E-state index is 0.107. The predicted molar refractivity (Wildman–Crippen MR) is 55.9 cm³/mol. The zero-order chi connectivity index (χ0) is 9.97. The molecule has 0 aromatic heterocycles. The highest BCUT2D eigenvalue weighted by molar-refractivity contribution is 5.81. The quantitative estimate of drug-likeness (QED) is 0.766. The van der Waals surface area contributed by atoms with Gasteiger partial charge in [-0.25, -0.2) is 0 Å². The van der Waals surface area contributed by atoms with Gasteiger partial charge < -0.3 is 0 Å². The maximum Gasteiger partial charge on any atom is 0.240 e. The Kier molecular flexibility index (Phi) is 2.39. The monoisotopic (exact) mass is 190 g/mol. The van der Waals surface area contributed by atoms with E-state index in [2.05, 4.69) is 18.4 Å². The highest BCUT2D eigenvalue weighted by Gasteiger charge is 2.19. The molecule has 1 aromatic carbocycles. The molecule has 0 radical (unpaired) electrons. The number of hydrogen-bond donors (Lipinski definition) is 1. The Morgan fingerprint density at radius 2 is 2.21 bits per heavy atom. The molecule has 1 N–H and O–H groups in total. The summed E-state index contributed by atoms with van der Waals surface area (Å²) in [5.41, 5.74) is 5.24. The fourth-order valence-corrected chi connectivity index (χ4v) is 1.73. The van der Waals surface area contributed by atoms with Gasteiger partial charge in [0.15, 0.2) is 0 Å². The van der Waals surface area contributed by atoms with E-state index in [1.807, 2.05) is 23.2 Å². The second-order valence-corrected chi connectivity index (χ2v) is 3.42. The van der Waals surface area contributed by atoms with Crippen molar-refractivity contribution >= 4 is 11.6 Å². The molecule has 1 aromatic rings. The number of nitrogens with zero attached hydrogens (tertiary/aromatic N) is 1. The van der Waals surface area contributed by atoms with Crippen LogP contribution < -0.4 is 10.4 Å². The van der Waals surface area contributed by atoms with E-state index in [4.69, 9.17) is 0 Å². The highest BCUT2D eigenvalue weighted by Crippen LogP contribution is 2.21. The van der Waals surface area contributed by atoms with Crippen molar-refractivity contribution in [2.75, 3.05) is 11.6 Å². The second kappa shape index (κ2) is 3.70. The van der Waals surface area contributed by atoms with Crippen molar-refractivity contribution in [1.82, 2.24) is 5.43 Å². The van der Waals surface area contributed by atoms with Crippen LogP contribution in [0, 0.1) is 0 Å². The van der Waals surface area contributed by atoms with Crippen molar-refractivity contribution in [3.05, 3.63) is 29.8 Å². The number of anilines is 1. The maximum atomic E-state index is 11.1. The Labute approximate surface area is 83.7 Å². The minimum Gasteiger partial charge on any atom is -0.285 e. The largest absolute Gasteiger partial charge is 0.285 e. The van der Waals surface area contributed by atoms with Crippen molar-refractivity contribution in [1.29, 1.82) is 0 Å². The number of aryl methyl sites for hydroxylation is 1. The third-order valence-electron chi connectivity index (χ3n) is 2.49. The molecule has 2 rings (SSSR count). The molecule has 3 nitrogen and oxygen atoms in total. The average Bonchev–Trinajstić information content (AvgIpc) is 2.65. The normalized spacial score (nSPS) is 15.8. The lowest BCUT2D eigenvalue weighted by molar-refractivity contribution is -0.119. The third-order valence-corrected chi connectivity index (χ3v) is 2.49. The third kappa shape index (κ3) is 1.58. The Bertz CT molecular complexity index is 349. The fourth-order valence-electron chi connectivity index (χ4n) is 1.73. The van der Waals surface area contributed by atoms with Crippen molar-refractivity contribution in [3.8, 4) is 0 Å². The summed E-state index contributed by atoms with van der Waals surface area (Å²) in [6.45, 7) is 2.90. The Morgan fingerprint density at radius 3 is 2.86 bits per heavy atom. The number of carbonyl (C=O) groups is 1. The zero-order valence-electron chi connectivity index (χ0n) is 8.29. The summed E-state index contributed by atoms with van der Waals surface area (Å²) in [6, 6.07) is 8.17. The van der Waals surface area contributed by atoms with Crippen LogP contribution in [0.4, 0.5) is 5.69 Å². The molecule has 0 saturated carbocycles. The van der Waals surface area contributed by atoms with Crippen LogP contribution in [0.1, 0.15) is 18.9 Å². The van der Waals surface area contributed by atoms with Crippen LogP contribution in [0.5, 0.6) is 0 Å². The molecule has 1 amide bonds. The Balaban J connectivity index is 2.27. The topological polar surface area (TPSA) is 32.3 Å². The molecule has 3 heteroatoms. The first-order chi connectivity index (χ1) is 6.81. The molecule has 0 atom stereocenters. The summed E-state index contributed by atoms with van der Waals surface area (Å²) in [5, 5.41) is 1.93. The fraction of sp³-hybridized carbons (Fsp3) is 0.364. The van der Waals surface area contributed by atoms with Crippen LogP contribution in [0.25, 0.3) is 0 Å². The molecule has 1 aliphatic heterocycles. The van der Waals surface area contributed by atoms with Crippen LogP contribution in [0.3, 0.4) is 0 Å². The molecule has 0 spiro atoms. The van der Waals surface area contributed by atoms with Crippen LogP contribution in [-0.2, 0) is 11.2 Å². The van der Waals surface area contributed by atoms with E-state index < -0.39 is 0 Å². The van der Waals surface area contributed by atoms with Crippen LogP contribution >= 0.6 is 0 Å². The average molecular weight is 190 g/mol. The van der Waals surface area contributed by atoms with Crippen LogP contribution in [0.15, 0.2) is 24.3 Å². The number of hydrogen-bond acceptors (Lipinski definition) is 2. The molecule has 74 valence electrons. The van der Waals surface area contributed by atoms with E-state index in [0.717, 1.165) is 18.7 Å². The van der Waals surface area contributed by atoms with Gasteiger partial charge in [-0.05, 0) is 18.1 Å². The molecule has 0 bridgehead atoms. The first-order valence-electron chi connectivity index (χ1n) is 4.96. The molecule has 0 aliphatic carbocycles. The van der Waals surface area contributed by atoms with E-state index in [0.29, 0.717) is 6.42 Å². The van der Waals surface area contributed by atoms with Crippen molar-refractivity contribution < 1.29 is 4.79 Å². The summed E-state index contributed by atoms with van der Waals surface area (Å²) in [6.07, 6.45) is 1.58. The van der Waals surface area contributed by atoms with Crippen molar-refractivity contribution in [2.45, 2.75) is 19.8 Å². The molecular formula is C11H14N2O. The maximum absolute atomic E-state index is 11.1. The number of hydrazine groups is 1. The highest BCUT2D eigenvalue weighted by atomic mass is 16.2.